The number of imide groups is 1. The summed E-state index contributed by atoms with van der Waals surface area (Å²) in [6.07, 6.45) is 2.05. The van der Waals surface area contributed by atoms with E-state index in [1.54, 1.807) is 0 Å². The van der Waals surface area contributed by atoms with Crippen molar-refractivity contribution >= 4 is 23.8 Å². The van der Waals surface area contributed by atoms with Crippen molar-refractivity contribution in [3.8, 4) is 0 Å². The third kappa shape index (κ3) is 3.90. The number of rotatable bonds is 6. The average Bonchev–Trinajstić information content (AvgIpc) is 2.66. The van der Waals surface area contributed by atoms with E-state index in [1.165, 1.54) is 0 Å². The molecule has 0 spiro atoms. The molecule has 0 bridgehead atoms. The monoisotopic (exact) mass is 269 g/mol. The van der Waals surface area contributed by atoms with Crippen molar-refractivity contribution < 1.29 is 29.0 Å². The van der Waals surface area contributed by atoms with Crippen molar-refractivity contribution in [1.29, 1.82) is 0 Å². The summed E-state index contributed by atoms with van der Waals surface area (Å²) in [4.78, 5) is 45.8. The van der Waals surface area contributed by atoms with Crippen molar-refractivity contribution in [2.24, 2.45) is 0 Å². The highest BCUT2D eigenvalue weighted by atomic mass is 16.5. The molecule has 7 heteroatoms. The van der Waals surface area contributed by atoms with Gasteiger partial charge in [0.05, 0.1) is 12.7 Å². The molecule has 0 aliphatic carbocycles. The first-order valence-corrected chi connectivity index (χ1v) is 5.95. The maximum atomic E-state index is 11.4. The van der Waals surface area contributed by atoms with Crippen LogP contribution < -0.4 is 0 Å². The predicted octanol–water partition coefficient (Wildman–Crippen LogP) is 0.447. The first kappa shape index (κ1) is 14.9. The van der Waals surface area contributed by atoms with E-state index in [1.807, 2.05) is 6.92 Å². The lowest BCUT2D eigenvalue weighted by Gasteiger charge is -2.13. The number of unbranched alkanes of at least 4 members (excludes halogenated alkanes) is 1. The van der Waals surface area contributed by atoms with Crippen LogP contribution in [0.1, 0.15) is 32.6 Å². The zero-order chi connectivity index (χ0) is 14.4. The van der Waals surface area contributed by atoms with Crippen LogP contribution in [0.3, 0.4) is 0 Å². The van der Waals surface area contributed by atoms with E-state index >= 15 is 0 Å². The first-order chi connectivity index (χ1) is 8.97. The number of aliphatic carboxylic acids is 1. The molecule has 1 aliphatic rings. The van der Waals surface area contributed by atoms with Gasteiger partial charge in [0.1, 0.15) is 5.70 Å². The van der Waals surface area contributed by atoms with Crippen LogP contribution in [0.25, 0.3) is 0 Å². The van der Waals surface area contributed by atoms with Gasteiger partial charge in [0.25, 0.3) is 0 Å². The maximum absolute atomic E-state index is 11.4. The molecule has 1 saturated heterocycles. The van der Waals surface area contributed by atoms with E-state index in [-0.39, 0.29) is 19.4 Å². The average molecular weight is 269 g/mol. The minimum Gasteiger partial charge on any atom is -0.477 e. The fourth-order valence-corrected chi connectivity index (χ4v) is 1.54. The van der Waals surface area contributed by atoms with Crippen molar-refractivity contribution in [2.75, 3.05) is 6.61 Å². The Labute approximate surface area is 109 Å². The highest BCUT2D eigenvalue weighted by Crippen LogP contribution is 2.18. The van der Waals surface area contributed by atoms with Crippen molar-refractivity contribution in [3.63, 3.8) is 0 Å². The molecule has 0 unspecified atom stereocenters. The quantitative estimate of drug-likeness (QED) is 0.325. The molecule has 0 atom stereocenters. The Morgan fingerprint density at radius 2 is 1.89 bits per heavy atom. The van der Waals surface area contributed by atoms with Crippen LogP contribution >= 0.6 is 0 Å². The number of likely N-dealkylation sites (tertiary alicyclic amines) is 1. The number of hydrogen-bond acceptors (Lipinski definition) is 5. The van der Waals surface area contributed by atoms with Gasteiger partial charge in [-0.2, -0.15) is 0 Å². The van der Waals surface area contributed by atoms with Gasteiger partial charge in [-0.25, -0.2) is 14.5 Å². The van der Waals surface area contributed by atoms with Gasteiger partial charge in [0, 0.05) is 12.8 Å². The highest BCUT2D eigenvalue weighted by Gasteiger charge is 2.35. The fraction of sp³-hybridized carbons (Fsp3) is 0.500. The second-order valence-corrected chi connectivity index (χ2v) is 3.98. The molecular formula is C12H15NO6. The minimum atomic E-state index is -1.52. The molecule has 0 aromatic heterocycles. The lowest BCUT2D eigenvalue weighted by molar-refractivity contribution is -0.144. The van der Waals surface area contributed by atoms with Gasteiger partial charge in [-0.1, -0.05) is 13.3 Å². The number of carboxylic acid groups (broad SMARTS) is 1. The zero-order valence-electron chi connectivity index (χ0n) is 10.5. The molecule has 19 heavy (non-hydrogen) atoms. The molecule has 2 amide bonds. The van der Waals surface area contributed by atoms with Gasteiger partial charge in [0.2, 0.25) is 11.8 Å². The van der Waals surface area contributed by atoms with Crippen molar-refractivity contribution in [2.45, 2.75) is 32.6 Å². The van der Waals surface area contributed by atoms with Gasteiger partial charge < -0.3 is 9.84 Å². The summed E-state index contributed by atoms with van der Waals surface area (Å²) in [6, 6.07) is 0. The third-order valence-corrected chi connectivity index (χ3v) is 2.51. The Morgan fingerprint density at radius 3 is 2.37 bits per heavy atom. The van der Waals surface area contributed by atoms with Crippen LogP contribution in [0.5, 0.6) is 0 Å². The van der Waals surface area contributed by atoms with E-state index in [2.05, 4.69) is 0 Å². The summed E-state index contributed by atoms with van der Waals surface area (Å²) in [6.45, 7) is 2.08. The molecular weight excluding hydrogens is 254 g/mol. The van der Waals surface area contributed by atoms with Crippen LogP contribution in [-0.2, 0) is 23.9 Å². The van der Waals surface area contributed by atoms with Gasteiger partial charge in [0.15, 0.2) is 0 Å². The van der Waals surface area contributed by atoms with Gasteiger partial charge in [-0.05, 0) is 6.42 Å². The standard InChI is InChI=1S/C12H15NO6/c1-2-3-6-19-11(16)7-8(12(17)18)13-9(14)4-5-10(13)15/h7H,2-6H2,1H3,(H,17,18)/b8-7-. The zero-order valence-corrected chi connectivity index (χ0v) is 10.5. The molecule has 1 aliphatic heterocycles. The molecule has 1 fully saturated rings. The van der Waals surface area contributed by atoms with Crippen molar-refractivity contribution in [3.05, 3.63) is 11.8 Å². The summed E-state index contributed by atoms with van der Waals surface area (Å²) in [5, 5.41) is 8.97. The number of nitrogens with zero attached hydrogens (tertiary/aromatic N) is 1. The molecule has 1 rings (SSSR count). The van der Waals surface area contributed by atoms with Crippen LogP contribution in [0.2, 0.25) is 0 Å². The summed E-state index contributed by atoms with van der Waals surface area (Å²) in [7, 11) is 0. The van der Waals surface area contributed by atoms with E-state index in [0.717, 1.165) is 6.42 Å². The molecule has 0 aromatic rings. The van der Waals surface area contributed by atoms with Crippen LogP contribution in [0.15, 0.2) is 11.8 Å². The molecule has 104 valence electrons. The molecule has 0 aromatic carbocycles. The number of amides is 2. The molecule has 1 N–H and O–H groups in total. The Balaban J connectivity index is 2.82. The minimum absolute atomic E-state index is 0.0473. The summed E-state index contributed by atoms with van der Waals surface area (Å²) < 4.78 is 4.77. The Morgan fingerprint density at radius 1 is 1.32 bits per heavy atom. The Hall–Kier alpha value is -2.18. The SMILES string of the molecule is CCCCOC(=O)/C=C(/C(=O)O)N1C(=O)CCC1=O. The molecule has 7 nitrogen and oxygen atoms in total. The molecule has 0 radical (unpaired) electrons. The highest BCUT2D eigenvalue weighted by molar-refractivity contribution is 6.10. The number of ether oxygens (including phenoxy) is 1. The maximum Gasteiger partial charge on any atom is 0.353 e. The topological polar surface area (TPSA) is 101 Å². The largest absolute Gasteiger partial charge is 0.477 e. The van der Waals surface area contributed by atoms with Crippen LogP contribution in [-0.4, -0.2) is 40.4 Å². The van der Waals surface area contributed by atoms with Gasteiger partial charge in [-0.15, -0.1) is 0 Å². The smallest absolute Gasteiger partial charge is 0.353 e. The fourth-order valence-electron chi connectivity index (χ4n) is 1.54. The number of hydrogen-bond donors (Lipinski definition) is 1. The first-order valence-electron chi connectivity index (χ1n) is 5.95. The summed E-state index contributed by atoms with van der Waals surface area (Å²) >= 11 is 0. The number of carbonyl (C=O) groups excluding carboxylic acids is 3. The number of carboxylic acids is 1. The van der Waals surface area contributed by atoms with Crippen LogP contribution in [0, 0.1) is 0 Å². The molecule has 0 saturated carbocycles. The second-order valence-electron chi connectivity index (χ2n) is 3.98. The third-order valence-electron chi connectivity index (χ3n) is 2.51. The molecule has 1 heterocycles. The number of esters is 1. The van der Waals surface area contributed by atoms with E-state index in [0.29, 0.717) is 17.4 Å². The van der Waals surface area contributed by atoms with Crippen LogP contribution in [0.4, 0.5) is 0 Å². The second kappa shape index (κ2) is 6.67. The predicted molar refractivity (Wildman–Crippen MR) is 62.7 cm³/mol. The van der Waals surface area contributed by atoms with E-state index in [4.69, 9.17) is 9.84 Å². The normalized spacial score (nSPS) is 15.8. The van der Waals surface area contributed by atoms with Gasteiger partial charge >= 0.3 is 11.9 Å². The van der Waals surface area contributed by atoms with Crippen molar-refractivity contribution in [1.82, 2.24) is 4.90 Å². The van der Waals surface area contributed by atoms with E-state index < -0.39 is 29.5 Å². The Bertz CT molecular complexity index is 424. The Kier molecular flexibility index (Phi) is 5.23. The summed E-state index contributed by atoms with van der Waals surface area (Å²) in [5.41, 5.74) is -0.658. The lowest BCUT2D eigenvalue weighted by Crippen LogP contribution is -2.33. The lowest BCUT2D eigenvalue weighted by atomic mass is 10.3. The number of carbonyl (C=O) groups is 4. The summed E-state index contributed by atoms with van der Waals surface area (Å²) in [5.74, 6) is -3.64. The van der Waals surface area contributed by atoms with E-state index in [9.17, 15) is 19.2 Å². The van der Waals surface area contributed by atoms with Gasteiger partial charge in [-0.3, -0.25) is 9.59 Å².